The first-order chi connectivity index (χ1) is 9.22. The SMILES string of the molecule is Cc1cc(Nc2ccccc2)c2ccc(Cl)cc2n1.Cl. The van der Waals surface area contributed by atoms with Crippen LogP contribution in [0.15, 0.2) is 54.6 Å². The molecule has 3 rings (SSSR count). The van der Waals surface area contributed by atoms with Gasteiger partial charge in [-0.25, -0.2) is 0 Å². The Balaban J connectivity index is 0.00000147. The van der Waals surface area contributed by atoms with Gasteiger partial charge in [-0.05, 0) is 43.3 Å². The fourth-order valence-corrected chi connectivity index (χ4v) is 2.28. The number of para-hydroxylation sites is 1. The van der Waals surface area contributed by atoms with E-state index in [0.29, 0.717) is 5.02 Å². The van der Waals surface area contributed by atoms with Crippen LogP contribution in [0.5, 0.6) is 0 Å². The second kappa shape index (κ2) is 6.12. The topological polar surface area (TPSA) is 24.9 Å². The van der Waals surface area contributed by atoms with Crippen molar-refractivity contribution in [2.75, 3.05) is 5.32 Å². The number of benzene rings is 2. The van der Waals surface area contributed by atoms with E-state index in [-0.39, 0.29) is 12.4 Å². The van der Waals surface area contributed by atoms with Gasteiger partial charge in [0.15, 0.2) is 0 Å². The second-order valence-corrected chi connectivity index (χ2v) is 4.90. The average molecular weight is 305 g/mol. The number of rotatable bonds is 2. The number of halogens is 2. The molecule has 0 bridgehead atoms. The number of fused-ring (bicyclic) bond motifs is 1. The number of anilines is 2. The van der Waals surface area contributed by atoms with Crippen LogP contribution >= 0.6 is 24.0 Å². The summed E-state index contributed by atoms with van der Waals surface area (Å²) in [5.74, 6) is 0. The largest absolute Gasteiger partial charge is 0.355 e. The fourth-order valence-electron chi connectivity index (χ4n) is 2.11. The van der Waals surface area contributed by atoms with Crippen molar-refractivity contribution in [1.82, 2.24) is 4.98 Å². The molecular formula is C16H14Cl2N2. The van der Waals surface area contributed by atoms with Gasteiger partial charge in [-0.1, -0.05) is 29.8 Å². The number of hydrogen-bond acceptors (Lipinski definition) is 2. The molecule has 1 heterocycles. The molecule has 0 aliphatic carbocycles. The van der Waals surface area contributed by atoms with Crippen LogP contribution in [0.4, 0.5) is 11.4 Å². The third-order valence-corrected chi connectivity index (χ3v) is 3.19. The Morgan fingerprint density at radius 3 is 2.50 bits per heavy atom. The number of nitrogens with one attached hydrogen (secondary N) is 1. The van der Waals surface area contributed by atoms with Crippen LogP contribution < -0.4 is 5.32 Å². The van der Waals surface area contributed by atoms with Gasteiger partial charge < -0.3 is 5.32 Å². The van der Waals surface area contributed by atoms with Crippen molar-refractivity contribution in [3.63, 3.8) is 0 Å². The van der Waals surface area contributed by atoms with Crippen LogP contribution in [0.25, 0.3) is 10.9 Å². The van der Waals surface area contributed by atoms with Gasteiger partial charge in [0, 0.05) is 27.5 Å². The van der Waals surface area contributed by atoms with E-state index in [4.69, 9.17) is 11.6 Å². The molecule has 0 unspecified atom stereocenters. The van der Waals surface area contributed by atoms with Crippen molar-refractivity contribution in [2.24, 2.45) is 0 Å². The van der Waals surface area contributed by atoms with E-state index >= 15 is 0 Å². The van der Waals surface area contributed by atoms with Gasteiger partial charge in [0.2, 0.25) is 0 Å². The molecule has 0 saturated carbocycles. The number of aryl methyl sites for hydroxylation is 1. The molecule has 1 aromatic heterocycles. The third-order valence-electron chi connectivity index (χ3n) is 2.95. The standard InChI is InChI=1S/C16H13ClN2.ClH/c1-11-9-15(19-13-5-3-2-4-6-13)14-8-7-12(17)10-16(14)18-11;/h2-10H,1H3,(H,18,19);1H. The molecule has 20 heavy (non-hydrogen) atoms. The molecule has 0 amide bonds. The van der Waals surface area contributed by atoms with Crippen LogP contribution in [-0.2, 0) is 0 Å². The summed E-state index contributed by atoms with van der Waals surface area (Å²) in [6.45, 7) is 1.98. The molecule has 2 aromatic carbocycles. The molecule has 0 fully saturated rings. The van der Waals surface area contributed by atoms with Gasteiger partial charge in [0.1, 0.15) is 0 Å². The summed E-state index contributed by atoms with van der Waals surface area (Å²) >= 11 is 6.02. The first-order valence-electron chi connectivity index (χ1n) is 6.11. The number of hydrogen-bond donors (Lipinski definition) is 1. The lowest BCUT2D eigenvalue weighted by Gasteiger charge is -2.11. The van der Waals surface area contributed by atoms with Crippen LogP contribution in [-0.4, -0.2) is 4.98 Å². The molecular weight excluding hydrogens is 291 g/mol. The predicted molar refractivity (Wildman–Crippen MR) is 88.5 cm³/mol. The zero-order valence-electron chi connectivity index (χ0n) is 10.9. The highest BCUT2D eigenvalue weighted by atomic mass is 35.5. The summed E-state index contributed by atoms with van der Waals surface area (Å²) < 4.78 is 0. The number of nitrogens with zero attached hydrogens (tertiary/aromatic N) is 1. The van der Waals surface area contributed by atoms with Crippen molar-refractivity contribution in [1.29, 1.82) is 0 Å². The molecule has 0 spiro atoms. The van der Waals surface area contributed by atoms with Gasteiger partial charge in [-0.15, -0.1) is 12.4 Å². The first kappa shape index (κ1) is 14.6. The van der Waals surface area contributed by atoms with Crippen molar-refractivity contribution in [2.45, 2.75) is 6.92 Å². The Hall–Kier alpha value is -1.77. The molecule has 0 radical (unpaired) electrons. The van der Waals surface area contributed by atoms with Gasteiger partial charge in [0.05, 0.1) is 5.52 Å². The minimum absolute atomic E-state index is 0. The molecule has 3 aromatic rings. The van der Waals surface area contributed by atoms with E-state index in [9.17, 15) is 0 Å². The minimum Gasteiger partial charge on any atom is -0.355 e. The lowest BCUT2D eigenvalue weighted by molar-refractivity contribution is 1.25. The molecule has 1 N–H and O–H groups in total. The van der Waals surface area contributed by atoms with Crippen molar-refractivity contribution < 1.29 is 0 Å². The van der Waals surface area contributed by atoms with E-state index in [1.54, 1.807) is 0 Å². The van der Waals surface area contributed by atoms with Crippen molar-refractivity contribution >= 4 is 46.3 Å². The normalized spacial score (nSPS) is 10.1. The van der Waals surface area contributed by atoms with E-state index in [2.05, 4.69) is 10.3 Å². The Morgan fingerprint density at radius 2 is 1.75 bits per heavy atom. The van der Waals surface area contributed by atoms with Crippen LogP contribution in [0.3, 0.4) is 0 Å². The lowest BCUT2D eigenvalue weighted by Crippen LogP contribution is -1.94. The number of pyridine rings is 1. The zero-order chi connectivity index (χ0) is 13.2. The Labute approximate surface area is 129 Å². The summed E-state index contributed by atoms with van der Waals surface area (Å²) in [6.07, 6.45) is 0. The van der Waals surface area contributed by atoms with Crippen LogP contribution in [0, 0.1) is 6.92 Å². The molecule has 4 heteroatoms. The highest BCUT2D eigenvalue weighted by Crippen LogP contribution is 2.28. The zero-order valence-corrected chi connectivity index (χ0v) is 12.5. The average Bonchev–Trinajstić information content (AvgIpc) is 2.39. The molecule has 2 nitrogen and oxygen atoms in total. The summed E-state index contributed by atoms with van der Waals surface area (Å²) in [5.41, 5.74) is 3.98. The first-order valence-corrected chi connectivity index (χ1v) is 6.49. The van der Waals surface area contributed by atoms with E-state index in [0.717, 1.165) is 28.0 Å². The Morgan fingerprint density at radius 1 is 1.00 bits per heavy atom. The van der Waals surface area contributed by atoms with Crippen LogP contribution in [0.2, 0.25) is 5.02 Å². The van der Waals surface area contributed by atoms with Gasteiger partial charge >= 0.3 is 0 Å². The van der Waals surface area contributed by atoms with Gasteiger partial charge in [0.25, 0.3) is 0 Å². The van der Waals surface area contributed by atoms with E-state index in [1.165, 1.54) is 0 Å². The maximum Gasteiger partial charge on any atom is 0.0740 e. The quantitative estimate of drug-likeness (QED) is 0.689. The van der Waals surface area contributed by atoms with E-state index in [1.807, 2.05) is 61.5 Å². The smallest absolute Gasteiger partial charge is 0.0740 e. The maximum absolute atomic E-state index is 6.02. The third kappa shape index (κ3) is 3.03. The van der Waals surface area contributed by atoms with Crippen LogP contribution in [0.1, 0.15) is 5.69 Å². The lowest BCUT2D eigenvalue weighted by atomic mass is 10.1. The fraction of sp³-hybridized carbons (Fsp3) is 0.0625. The summed E-state index contributed by atoms with van der Waals surface area (Å²) in [4.78, 5) is 4.51. The molecule has 0 aliphatic heterocycles. The highest BCUT2D eigenvalue weighted by Gasteiger charge is 2.05. The predicted octanol–water partition coefficient (Wildman–Crippen LogP) is 5.36. The van der Waals surface area contributed by atoms with Gasteiger partial charge in [-0.3, -0.25) is 4.98 Å². The molecule has 0 aliphatic rings. The van der Waals surface area contributed by atoms with Crippen molar-refractivity contribution in [3.05, 3.63) is 65.3 Å². The van der Waals surface area contributed by atoms with E-state index < -0.39 is 0 Å². The van der Waals surface area contributed by atoms with Gasteiger partial charge in [-0.2, -0.15) is 0 Å². The summed E-state index contributed by atoms with van der Waals surface area (Å²) in [6, 6.07) is 17.9. The molecule has 0 atom stereocenters. The highest BCUT2D eigenvalue weighted by molar-refractivity contribution is 6.31. The Bertz CT molecular complexity index is 722. The second-order valence-electron chi connectivity index (χ2n) is 4.46. The van der Waals surface area contributed by atoms with Crippen molar-refractivity contribution in [3.8, 4) is 0 Å². The number of aromatic nitrogens is 1. The summed E-state index contributed by atoms with van der Waals surface area (Å²) in [7, 11) is 0. The maximum atomic E-state index is 6.02. The molecule has 102 valence electrons. The summed E-state index contributed by atoms with van der Waals surface area (Å²) in [5, 5.41) is 5.20. The monoisotopic (exact) mass is 304 g/mol. The molecule has 0 saturated heterocycles. The minimum atomic E-state index is 0. The Kier molecular flexibility index (Phi) is 4.48.